The van der Waals surface area contributed by atoms with E-state index in [4.69, 9.17) is 4.74 Å². The molecule has 3 rings (SSSR count). The van der Waals surface area contributed by atoms with Crippen LogP contribution in [0.15, 0.2) is 42.5 Å². The maximum absolute atomic E-state index is 13.3. The summed E-state index contributed by atoms with van der Waals surface area (Å²) in [4.78, 5) is 26.2. The number of nitrogens with one attached hydrogen (secondary N) is 1. The minimum absolute atomic E-state index is 0.107. The van der Waals surface area contributed by atoms with Crippen molar-refractivity contribution in [2.75, 3.05) is 33.4 Å². The van der Waals surface area contributed by atoms with Crippen molar-refractivity contribution in [3.05, 3.63) is 59.4 Å². The summed E-state index contributed by atoms with van der Waals surface area (Å²) < 4.78 is 18.3. The fourth-order valence-corrected chi connectivity index (χ4v) is 3.50. The Bertz CT molecular complexity index is 851. The predicted octanol–water partition coefficient (Wildman–Crippen LogP) is 3.03. The molecule has 1 unspecified atom stereocenters. The first-order valence-electron chi connectivity index (χ1n) is 9.39. The maximum atomic E-state index is 13.3. The van der Waals surface area contributed by atoms with Crippen LogP contribution < -0.4 is 5.32 Å². The lowest BCUT2D eigenvalue weighted by atomic mass is 9.99. The van der Waals surface area contributed by atoms with Crippen LogP contribution in [-0.2, 0) is 9.53 Å². The van der Waals surface area contributed by atoms with Crippen LogP contribution in [0.4, 0.5) is 4.39 Å². The van der Waals surface area contributed by atoms with Gasteiger partial charge in [-0.05, 0) is 47.9 Å². The molecule has 0 radical (unpaired) electrons. The molecule has 5 nitrogen and oxygen atoms in total. The van der Waals surface area contributed by atoms with Crippen LogP contribution in [0.3, 0.4) is 0 Å². The summed E-state index contributed by atoms with van der Waals surface area (Å²) in [6.45, 7) is 4.07. The van der Waals surface area contributed by atoms with E-state index in [1.54, 1.807) is 30.2 Å². The van der Waals surface area contributed by atoms with Crippen LogP contribution >= 0.6 is 0 Å². The predicted molar refractivity (Wildman–Crippen MR) is 105 cm³/mol. The molecule has 6 heteroatoms. The second kappa shape index (κ2) is 8.97. The Morgan fingerprint density at radius 1 is 1.25 bits per heavy atom. The third-order valence-electron chi connectivity index (χ3n) is 5.06. The smallest absolute Gasteiger partial charge is 0.251 e. The number of aryl methyl sites for hydroxylation is 1. The van der Waals surface area contributed by atoms with Gasteiger partial charge in [0.15, 0.2) is 0 Å². The van der Waals surface area contributed by atoms with Gasteiger partial charge in [-0.15, -0.1) is 0 Å². The van der Waals surface area contributed by atoms with Gasteiger partial charge >= 0.3 is 0 Å². The molecular formula is C22H25FN2O3. The van der Waals surface area contributed by atoms with E-state index in [0.29, 0.717) is 38.2 Å². The van der Waals surface area contributed by atoms with Crippen molar-refractivity contribution < 1.29 is 18.7 Å². The van der Waals surface area contributed by atoms with Gasteiger partial charge < -0.3 is 15.0 Å². The number of nitrogens with zero attached hydrogens (tertiary/aromatic N) is 1. The number of ether oxygens (including phenoxy) is 1. The molecule has 148 valence electrons. The highest BCUT2D eigenvalue weighted by Crippen LogP contribution is 2.24. The Morgan fingerprint density at radius 3 is 2.68 bits per heavy atom. The number of halogens is 1. The highest BCUT2D eigenvalue weighted by molar-refractivity contribution is 5.94. The molecule has 0 saturated carbocycles. The number of methoxy groups -OCH3 is 1. The lowest BCUT2D eigenvalue weighted by Gasteiger charge is -2.16. The largest absolute Gasteiger partial charge is 0.383 e. The normalized spacial score (nSPS) is 16.5. The molecule has 1 saturated heterocycles. The summed E-state index contributed by atoms with van der Waals surface area (Å²) in [7, 11) is 1.61. The van der Waals surface area contributed by atoms with Crippen LogP contribution in [0.5, 0.6) is 0 Å². The average molecular weight is 384 g/mol. The molecule has 2 aromatic rings. The summed E-state index contributed by atoms with van der Waals surface area (Å²) in [6, 6.07) is 11.9. The molecule has 1 aliphatic rings. The number of carbonyl (C=O) groups excluding carboxylic acids is 2. The van der Waals surface area contributed by atoms with Crippen molar-refractivity contribution in [3.8, 4) is 11.1 Å². The van der Waals surface area contributed by atoms with Gasteiger partial charge in [-0.25, -0.2) is 4.39 Å². The zero-order valence-corrected chi connectivity index (χ0v) is 16.2. The SMILES string of the molecule is COCCN1CC(CNC(=O)c2ccc(-c3ccc(F)cc3C)cc2)CC1=O. The van der Waals surface area contributed by atoms with Crippen molar-refractivity contribution in [1.82, 2.24) is 10.2 Å². The molecule has 1 atom stereocenters. The van der Waals surface area contributed by atoms with E-state index in [1.165, 1.54) is 12.1 Å². The molecule has 1 N–H and O–H groups in total. The van der Waals surface area contributed by atoms with Gasteiger partial charge in [-0.1, -0.05) is 18.2 Å². The van der Waals surface area contributed by atoms with E-state index in [1.807, 2.05) is 19.1 Å². The minimum Gasteiger partial charge on any atom is -0.383 e. The van der Waals surface area contributed by atoms with E-state index in [2.05, 4.69) is 5.32 Å². The van der Waals surface area contributed by atoms with Gasteiger partial charge in [0, 0.05) is 44.6 Å². The van der Waals surface area contributed by atoms with Crippen molar-refractivity contribution in [1.29, 1.82) is 0 Å². The summed E-state index contributed by atoms with van der Waals surface area (Å²) in [6.07, 6.45) is 0.451. The van der Waals surface area contributed by atoms with Crippen LogP contribution in [0.25, 0.3) is 11.1 Å². The topological polar surface area (TPSA) is 58.6 Å². The zero-order valence-electron chi connectivity index (χ0n) is 16.2. The molecule has 2 aromatic carbocycles. The van der Waals surface area contributed by atoms with Crippen LogP contribution in [0, 0.1) is 18.7 Å². The van der Waals surface area contributed by atoms with E-state index in [9.17, 15) is 14.0 Å². The van der Waals surface area contributed by atoms with E-state index in [-0.39, 0.29) is 23.5 Å². The second-order valence-electron chi connectivity index (χ2n) is 7.15. The second-order valence-corrected chi connectivity index (χ2v) is 7.15. The number of carbonyl (C=O) groups is 2. The lowest BCUT2D eigenvalue weighted by Crippen LogP contribution is -2.32. The third kappa shape index (κ3) is 4.75. The highest BCUT2D eigenvalue weighted by Gasteiger charge is 2.29. The number of likely N-dealkylation sites (tertiary alicyclic amines) is 1. The van der Waals surface area contributed by atoms with Gasteiger partial charge in [0.25, 0.3) is 5.91 Å². The molecule has 28 heavy (non-hydrogen) atoms. The van der Waals surface area contributed by atoms with E-state index >= 15 is 0 Å². The molecule has 1 fully saturated rings. The first kappa shape index (κ1) is 20.0. The molecule has 0 aliphatic carbocycles. The standard InChI is InChI=1S/C22H25FN2O3/c1-15-11-19(23)7-8-20(15)17-3-5-18(6-4-17)22(27)24-13-16-12-21(26)25(14-16)9-10-28-2/h3-8,11,16H,9-10,12-14H2,1-2H3,(H,24,27). The Hall–Kier alpha value is -2.73. The summed E-state index contributed by atoms with van der Waals surface area (Å²) in [5.41, 5.74) is 3.28. The van der Waals surface area contributed by atoms with E-state index in [0.717, 1.165) is 16.7 Å². The quantitative estimate of drug-likeness (QED) is 0.798. The van der Waals surface area contributed by atoms with Gasteiger partial charge in [0.2, 0.25) is 5.91 Å². The molecule has 0 bridgehead atoms. The Balaban J connectivity index is 1.56. The first-order chi connectivity index (χ1) is 13.5. The summed E-state index contributed by atoms with van der Waals surface area (Å²) >= 11 is 0. The number of benzene rings is 2. The third-order valence-corrected chi connectivity index (χ3v) is 5.06. The molecule has 0 aromatic heterocycles. The van der Waals surface area contributed by atoms with Gasteiger partial charge in [-0.3, -0.25) is 9.59 Å². The Morgan fingerprint density at radius 2 is 2.00 bits per heavy atom. The fourth-order valence-electron chi connectivity index (χ4n) is 3.50. The number of hydrogen-bond acceptors (Lipinski definition) is 3. The van der Waals surface area contributed by atoms with Crippen LogP contribution in [0.2, 0.25) is 0 Å². The summed E-state index contributed by atoms with van der Waals surface area (Å²) in [5.74, 6) is -0.196. The van der Waals surface area contributed by atoms with Gasteiger partial charge in [0.05, 0.1) is 6.61 Å². The molecule has 0 spiro atoms. The fraction of sp³-hybridized carbons (Fsp3) is 0.364. The molecular weight excluding hydrogens is 359 g/mol. The number of rotatable bonds is 7. The minimum atomic E-state index is -0.261. The average Bonchev–Trinajstić information content (AvgIpc) is 3.04. The van der Waals surface area contributed by atoms with E-state index < -0.39 is 0 Å². The molecule has 2 amide bonds. The van der Waals surface area contributed by atoms with Crippen molar-refractivity contribution >= 4 is 11.8 Å². The van der Waals surface area contributed by atoms with Gasteiger partial charge in [0.1, 0.15) is 5.82 Å². The Kier molecular flexibility index (Phi) is 6.41. The molecule has 1 heterocycles. The first-order valence-corrected chi connectivity index (χ1v) is 9.39. The zero-order chi connectivity index (χ0) is 20.1. The monoisotopic (exact) mass is 384 g/mol. The number of amides is 2. The summed E-state index contributed by atoms with van der Waals surface area (Å²) in [5, 5.41) is 2.92. The number of hydrogen-bond donors (Lipinski definition) is 1. The molecule has 1 aliphatic heterocycles. The van der Waals surface area contributed by atoms with Crippen molar-refractivity contribution in [2.45, 2.75) is 13.3 Å². The lowest BCUT2D eigenvalue weighted by molar-refractivity contribution is -0.128. The van der Waals surface area contributed by atoms with Crippen molar-refractivity contribution in [2.24, 2.45) is 5.92 Å². The van der Waals surface area contributed by atoms with Gasteiger partial charge in [-0.2, -0.15) is 0 Å². The van der Waals surface area contributed by atoms with Crippen LogP contribution in [0.1, 0.15) is 22.3 Å². The van der Waals surface area contributed by atoms with Crippen molar-refractivity contribution in [3.63, 3.8) is 0 Å². The maximum Gasteiger partial charge on any atom is 0.251 e. The Labute approximate surface area is 164 Å². The van der Waals surface area contributed by atoms with Crippen LogP contribution in [-0.4, -0.2) is 50.1 Å². The highest BCUT2D eigenvalue weighted by atomic mass is 19.1.